The summed E-state index contributed by atoms with van der Waals surface area (Å²) in [5.74, 6) is 2.75. The van der Waals surface area contributed by atoms with Crippen molar-refractivity contribution in [3.8, 4) is 5.75 Å². The van der Waals surface area contributed by atoms with Crippen molar-refractivity contribution in [1.29, 1.82) is 0 Å². The number of carbonyl (C=O) groups is 1. The quantitative estimate of drug-likeness (QED) is 0.529. The molecule has 5 rings (SSSR count). The van der Waals surface area contributed by atoms with Crippen molar-refractivity contribution in [3.63, 3.8) is 0 Å². The molecule has 29 heavy (non-hydrogen) atoms. The SMILES string of the molecule is COc1cc([N+](=O)[O-])ccc1NC(=O)[C@@H](C)N[C@H](C)C12CC3CC(CC(C3)C1)C2. The number of ether oxygens (including phenoxy) is 1. The van der Waals surface area contributed by atoms with Gasteiger partial charge in [0, 0.05) is 12.1 Å². The molecule has 0 radical (unpaired) electrons. The predicted octanol–water partition coefficient (Wildman–Crippen LogP) is 4.12. The highest BCUT2D eigenvalue weighted by Crippen LogP contribution is 2.61. The second kappa shape index (κ2) is 7.59. The Kier molecular flexibility index (Phi) is 5.27. The summed E-state index contributed by atoms with van der Waals surface area (Å²) < 4.78 is 5.22. The fourth-order valence-electron chi connectivity index (χ4n) is 6.47. The van der Waals surface area contributed by atoms with E-state index in [4.69, 9.17) is 4.74 Å². The van der Waals surface area contributed by atoms with Gasteiger partial charge in [-0.2, -0.15) is 0 Å². The van der Waals surface area contributed by atoms with Crippen molar-refractivity contribution in [2.45, 2.75) is 64.5 Å². The summed E-state index contributed by atoms with van der Waals surface area (Å²) in [4.78, 5) is 23.3. The number of nitro benzene ring substituents is 1. The van der Waals surface area contributed by atoms with E-state index in [-0.39, 0.29) is 29.4 Å². The van der Waals surface area contributed by atoms with Gasteiger partial charge in [0.25, 0.3) is 5.69 Å². The number of carbonyl (C=O) groups excluding carboxylic acids is 1. The molecule has 7 heteroatoms. The highest BCUT2D eigenvalue weighted by molar-refractivity contribution is 5.96. The number of benzene rings is 1. The Bertz CT molecular complexity index is 774. The third kappa shape index (κ3) is 3.84. The Hall–Kier alpha value is -2.15. The lowest BCUT2D eigenvalue weighted by Gasteiger charge is -2.59. The lowest BCUT2D eigenvalue weighted by molar-refractivity contribution is -0.384. The molecule has 0 heterocycles. The summed E-state index contributed by atoms with van der Waals surface area (Å²) >= 11 is 0. The van der Waals surface area contributed by atoms with Crippen LogP contribution >= 0.6 is 0 Å². The number of nitrogens with zero attached hydrogens (tertiary/aromatic N) is 1. The van der Waals surface area contributed by atoms with Gasteiger partial charge >= 0.3 is 0 Å². The summed E-state index contributed by atoms with van der Waals surface area (Å²) in [5.41, 5.74) is 0.703. The predicted molar refractivity (Wildman–Crippen MR) is 111 cm³/mol. The van der Waals surface area contributed by atoms with Crippen LogP contribution in [0.25, 0.3) is 0 Å². The van der Waals surface area contributed by atoms with Crippen molar-refractivity contribution in [2.75, 3.05) is 12.4 Å². The molecular weight excluding hydrogens is 370 g/mol. The standard InChI is InChI=1S/C22H31N3O4/c1-13(21(26)24-19-5-4-18(25(27)28)9-20(19)29-3)23-14(2)22-10-15-6-16(11-22)8-17(7-15)12-22/h4-5,9,13-17,23H,6-8,10-12H2,1-3H3,(H,24,26)/t13-,14-,15?,16?,17?,22?/m1/s1. The molecule has 4 fully saturated rings. The van der Waals surface area contributed by atoms with Gasteiger partial charge in [-0.1, -0.05) is 0 Å². The van der Waals surface area contributed by atoms with E-state index in [0.717, 1.165) is 17.8 Å². The summed E-state index contributed by atoms with van der Waals surface area (Å²) in [6, 6.07) is 4.14. The molecule has 158 valence electrons. The summed E-state index contributed by atoms with van der Waals surface area (Å²) in [5, 5.41) is 17.4. The minimum atomic E-state index is -0.481. The molecular formula is C22H31N3O4. The van der Waals surface area contributed by atoms with Crippen LogP contribution in [0.5, 0.6) is 5.75 Å². The second-order valence-corrected chi connectivity index (χ2v) is 9.52. The number of nitrogens with one attached hydrogen (secondary N) is 2. The van der Waals surface area contributed by atoms with Crippen LogP contribution in [0.3, 0.4) is 0 Å². The number of amides is 1. The van der Waals surface area contributed by atoms with Crippen LogP contribution in [0.15, 0.2) is 18.2 Å². The van der Waals surface area contributed by atoms with Gasteiger partial charge in [-0.25, -0.2) is 0 Å². The van der Waals surface area contributed by atoms with E-state index in [9.17, 15) is 14.9 Å². The van der Waals surface area contributed by atoms with Gasteiger partial charge in [0.15, 0.2) is 0 Å². The zero-order valence-corrected chi connectivity index (χ0v) is 17.4. The molecule has 4 aliphatic carbocycles. The second-order valence-electron chi connectivity index (χ2n) is 9.52. The number of hydrogen-bond acceptors (Lipinski definition) is 5. The van der Waals surface area contributed by atoms with Crippen molar-refractivity contribution < 1.29 is 14.5 Å². The summed E-state index contributed by atoms with van der Waals surface area (Å²) in [6.45, 7) is 4.12. The zero-order valence-electron chi connectivity index (χ0n) is 17.4. The van der Waals surface area contributed by atoms with Crippen molar-refractivity contribution in [1.82, 2.24) is 5.32 Å². The zero-order chi connectivity index (χ0) is 20.8. The molecule has 2 N–H and O–H groups in total. The summed E-state index contributed by atoms with van der Waals surface area (Å²) in [7, 11) is 1.44. The van der Waals surface area contributed by atoms with Crippen molar-refractivity contribution >= 4 is 17.3 Å². The topological polar surface area (TPSA) is 93.5 Å². The largest absolute Gasteiger partial charge is 0.494 e. The monoisotopic (exact) mass is 401 g/mol. The Balaban J connectivity index is 1.40. The molecule has 0 aliphatic heterocycles. The van der Waals surface area contributed by atoms with E-state index < -0.39 is 4.92 Å². The molecule has 1 amide bonds. The lowest BCUT2D eigenvalue weighted by Crippen LogP contribution is -2.57. The molecule has 0 aromatic heterocycles. The third-order valence-electron chi connectivity index (χ3n) is 7.55. The Morgan fingerprint density at radius 3 is 2.28 bits per heavy atom. The Morgan fingerprint density at radius 2 is 1.76 bits per heavy atom. The molecule has 0 spiro atoms. The van der Waals surface area contributed by atoms with Gasteiger partial charge in [-0.05, 0) is 81.6 Å². The first-order valence-corrected chi connectivity index (χ1v) is 10.7. The van der Waals surface area contributed by atoms with Gasteiger partial charge in [0.1, 0.15) is 5.75 Å². The van der Waals surface area contributed by atoms with Crippen LogP contribution in [-0.2, 0) is 4.79 Å². The van der Waals surface area contributed by atoms with Crippen LogP contribution in [0.1, 0.15) is 52.4 Å². The van der Waals surface area contributed by atoms with Gasteiger partial charge in [-0.3, -0.25) is 14.9 Å². The fourth-order valence-corrected chi connectivity index (χ4v) is 6.47. The third-order valence-corrected chi connectivity index (χ3v) is 7.55. The minimum Gasteiger partial charge on any atom is -0.494 e. The highest BCUT2D eigenvalue weighted by atomic mass is 16.6. The number of hydrogen-bond donors (Lipinski definition) is 2. The fraction of sp³-hybridized carbons (Fsp3) is 0.682. The van der Waals surface area contributed by atoms with Gasteiger partial charge < -0.3 is 15.4 Å². The van der Waals surface area contributed by atoms with Crippen LogP contribution in [0.2, 0.25) is 0 Å². The van der Waals surface area contributed by atoms with E-state index in [1.807, 2.05) is 6.92 Å². The molecule has 4 aliphatic rings. The normalized spacial score (nSPS) is 31.9. The lowest BCUT2D eigenvalue weighted by atomic mass is 9.48. The van der Waals surface area contributed by atoms with Crippen LogP contribution in [-0.4, -0.2) is 30.0 Å². The molecule has 1 aromatic rings. The van der Waals surface area contributed by atoms with Gasteiger partial charge in [-0.15, -0.1) is 0 Å². The number of nitro groups is 1. The molecule has 0 unspecified atom stereocenters. The van der Waals surface area contributed by atoms with Crippen LogP contribution < -0.4 is 15.4 Å². The summed E-state index contributed by atoms with van der Waals surface area (Å²) in [6.07, 6.45) is 8.08. The Morgan fingerprint density at radius 1 is 1.17 bits per heavy atom. The number of anilines is 1. The molecule has 2 atom stereocenters. The molecule has 4 saturated carbocycles. The van der Waals surface area contributed by atoms with Crippen molar-refractivity contribution in [2.24, 2.45) is 23.2 Å². The molecule has 0 saturated heterocycles. The first-order valence-electron chi connectivity index (χ1n) is 10.7. The highest BCUT2D eigenvalue weighted by Gasteiger charge is 2.53. The number of methoxy groups -OCH3 is 1. The van der Waals surface area contributed by atoms with Gasteiger partial charge in [0.05, 0.1) is 29.8 Å². The first-order chi connectivity index (χ1) is 13.8. The van der Waals surface area contributed by atoms with Crippen molar-refractivity contribution in [3.05, 3.63) is 28.3 Å². The van der Waals surface area contributed by atoms with Gasteiger partial charge in [0.2, 0.25) is 5.91 Å². The smallest absolute Gasteiger partial charge is 0.273 e. The average molecular weight is 402 g/mol. The molecule has 4 bridgehead atoms. The van der Waals surface area contributed by atoms with E-state index in [0.29, 0.717) is 11.1 Å². The van der Waals surface area contributed by atoms with E-state index in [1.54, 1.807) is 0 Å². The minimum absolute atomic E-state index is 0.0681. The number of non-ortho nitro benzene ring substituents is 1. The van der Waals surface area contributed by atoms with E-state index in [2.05, 4.69) is 17.6 Å². The van der Waals surface area contributed by atoms with Crippen LogP contribution in [0, 0.1) is 33.3 Å². The number of rotatable bonds is 7. The molecule has 1 aromatic carbocycles. The first kappa shape index (κ1) is 20.1. The average Bonchev–Trinajstić information content (AvgIpc) is 2.66. The maximum Gasteiger partial charge on any atom is 0.273 e. The van der Waals surface area contributed by atoms with Crippen LogP contribution in [0.4, 0.5) is 11.4 Å². The Labute approximate surface area is 171 Å². The van der Waals surface area contributed by atoms with E-state index >= 15 is 0 Å². The van der Waals surface area contributed by atoms with E-state index in [1.165, 1.54) is 63.8 Å². The maximum atomic E-state index is 12.8. The molecule has 7 nitrogen and oxygen atoms in total. The maximum absolute atomic E-state index is 12.8.